The average Bonchev–Trinajstić information content (AvgIpc) is 2.37. The summed E-state index contributed by atoms with van der Waals surface area (Å²) in [6.45, 7) is 3.89. The molecular weight excluding hydrogens is 308 g/mol. The number of nitrogens with one attached hydrogen (secondary N) is 1. The largest absolute Gasteiger partial charge is 0.452 e. The Hall–Kier alpha value is -1.33. The van der Waals surface area contributed by atoms with Crippen molar-refractivity contribution < 1.29 is 18.7 Å². The molecular formula is C13H14Cl2FNO3. The molecule has 0 atom stereocenters. The Labute approximate surface area is 126 Å². The first-order chi connectivity index (χ1) is 9.31. The van der Waals surface area contributed by atoms with Crippen LogP contribution < -0.4 is 5.32 Å². The molecule has 0 radical (unpaired) electrons. The van der Waals surface area contributed by atoms with Gasteiger partial charge in [-0.25, -0.2) is 9.18 Å². The summed E-state index contributed by atoms with van der Waals surface area (Å²) in [6, 6.07) is 1.98. The lowest BCUT2D eigenvalue weighted by molar-refractivity contribution is -0.124. The highest BCUT2D eigenvalue weighted by Crippen LogP contribution is 2.24. The van der Waals surface area contributed by atoms with Gasteiger partial charge in [0.15, 0.2) is 6.61 Å². The lowest BCUT2D eigenvalue weighted by Gasteiger charge is -2.09. The SMILES string of the molecule is CC(C)CNC(=O)COC(=O)c1cc(F)c(Cl)cc1Cl. The van der Waals surface area contributed by atoms with Crippen LogP contribution in [-0.4, -0.2) is 25.0 Å². The monoisotopic (exact) mass is 321 g/mol. The van der Waals surface area contributed by atoms with E-state index < -0.39 is 24.3 Å². The lowest BCUT2D eigenvalue weighted by Crippen LogP contribution is -2.31. The molecule has 0 fully saturated rings. The fraction of sp³-hybridized carbons (Fsp3) is 0.385. The standard InChI is InChI=1S/C13H14Cl2FNO3/c1-7(2)5-17-12(18)6-20-13(19)8-3-11(16)10(15)4-9(8)14/h3-4,7H,5-6H2,1-2H3,(H,17,18). The van der Waals surface area contributed by atoms with Gasteiger partial charge in [0.05, 0.1) is 15.6 Å². The summed E-state index contributed by atoms with van der Waals surface area (Å²) >= 11 is 11.3. The summed E-state index contributed by atoms with van der Waals surface area (Å²) in [5.74, 6) is -1.82. The molecule has 1 aromatic rings. The molecule has 110 valence electrons. The highest BCUT2D eigenvalue weighted by Gasteiger charge is 2.16. The van der Waals surface area contributed by atoms with Gasteiger partial charge in [0.1, 0.15) is 5.82 Å². The van der Waals surface area contributed by atoms with Crippen LogP contribution in [-0.2, 0) is 9.53 Å². The molecule has 0 aliphatic heterocycles. The Kier molecular flexibility index (Phi) is 6.23. The molecule has 0 aliphatic rings. The van der Waals surface area contributed by atoms with Crippen molar-refractivity contribution in [3.63, 3.8) is 0 Å². The van der Waals surface area contributed by atoms with Crippen molar-refractivity contribution in [2.45, 2.75) is 13.8 Å². The van der Waals surface area contributed by atoms with Crippen LogP contribution in [0.1, 0.15) is 24.2 Å². The van der Waals surface area contributed by atoms with Crippen LogP contribution in [0.5, 0.6) is 0 Å². The van der Waals surface area contributed by atoms with Gasteiger partial charge in [-0.1, -0.05) is 37.0 Å². The highest BCUT2D eigenvalue weighted by molar-refractivity contribution is 6.36. The van der Waals surface area contributed by atoms with Crippen LogP contribution in [0.15, 0.2) is 12.1 Å². The van der Waals surface area contributed by atoms with Gasteiger partial charge in [-0.05, 0) is 18.1 Å². The summed E-state index contributed by atoms with van der Waals surface area (Å²) in [5.41, 5.74) is -0.176. The average molecular weight is 322 g/mol. The number of carbonyl (C=O) groups is 2. The molecule has 1 amide bonds. The summed E-state index contributed by atoms with van der Waals surface area (Å²) in [4.78, 5) is 23.0. The third kappa shape index (κ3) is 4.98. The Morgan fingerprint density at radius 2 is 1.95 bits per heavy atom. The third-order valence-electron chi connectivity index (χ3n) is 2.27. The second-order valence-corrected chi connectivity index (χ2v) is 5.33. The maximum atomic E-state index is 13.3. The summed E-state index contributed by atoms with van der Waals surface area (Å²) in [5, 5.41) is 2.35. The van der Waals surface area contributed by atoms with Crippen molar-refractivity contribution >= 4 is 35.1 Å². The highest BCUT2D eigenvalue weighted by atomic mass is 35.5. The van der Waals surface area contributed by atoms with Crippen molar-refractivity contribution in [3.05, 3.63) is 33.6 Å². The molecule has 0 aliphatic carbocycles. The van der Waals surface area contributed by atoms with Crippen LogP contribution in [0.2, 0.25) is 10.0 Å². The Bertz CT molecular complexity index is 521. The van der Waals surface area contributed by atoms with Crippen LogP contribution in [0.25, 0.3) is 0 Å². The van der Waals surface area contributed by atoms with Gasteiger partial charge in [-0.3, -0.25) is 4.79 Å². The van der Waals surface area contributed by atoms with Crippen molar-refractivity contribution in [2.75, 3.05) is 13.2 Å². The van der Waals surface area contributed by atoms with E-state index in [9.17, 15) is 14.0 Å². The minimum atomic E-state index is -0.884. The second-order valence-electron chi connectivity index (χ2n) is 4.52. The predicted molar refractivity (Wildman–Crippen MR) is 74.6 cm³/mol. The molecule has 0 saturated carbocycles. The smallest absolute Gasteiger partial charge is 0.340 e. The van der Waals surface area contributed by atoms with Crippen molar-refractivity contribution in [2.24, 2.45) is 5.92 Å². The summed E-state index contributed by atoms with van der Waals surface area (Å²) < 4.78 is 18.0. The number of esters is 1. The van der Waals surface area contributed by atoms with E-state index >= 15 is 0 Å². The number of rotatable bonds is 5. The van der Waals surface area contributed by atoms with Gasteiger partial charge in [0, 0.05) is 6.54 Å². The van der Waals surface area contributed by atoms with E-state index in [0.717, 1.165) is 12.1 Å². The molecule has 20 heavy (non-hydrogen) atoms. The van der Waals surface area contributed by atoms with E-state index in [1.807, 2.05) is 13.8 Å². The molecule has 0 spiro atoms. The van der Waals surface area contributed by atoms with Crippen molar-refractivity contribution in [3.8, 4) is 0 Å². The first-order valence-corrected chi connectivity index (χ1v) is 6.65. The predicted octanol–water partition coefficient (Wildman–Crippen LogP) is 3.06. The Morgan fingerprint density at radius 3 is 2.55 bits per heavy atom. The maximum Gasteiger partial charge on any atom is 0.340 e. The molecule has 0 heterocycles. The fourth-order valence-electron chi connectivity index (χ4n) is 1.26. The van der Waals surface area contributed by atoms with Crippen LogP contribution in [0.3, 0.4) is 0 Å². The van der Waals surface area contributed by atoms with Crippen LogP contribution >= 0.6 is 23.2 Å². The van der Waals surface area contributed by atoms with E-state index in [-0.39, 0.29) is 21.5 Å². The number of benzene rings is 1. The van der Waals surface area contributed by atoms with Gasteiger partial charge in [-0.2, -0.15) is 0 Å². The maximum absolute atomic E-state index is 13.3. The molecule has 0 bridgehead atoms. The Balaban J connectivity index is 2.59. The number of carbonyl (C=O) groups excluding carboxylic acids is 2. The lowest BCUT2D eigenvalue weighted by atomic mass is 10.2. The normalized spacial score (nSPS) is 10.5. The third-order valence-corrected chi connectivity index (χ3v) is 2.87. The molecule has 4 nitrogen and oxygen atoms in total. The summed E-state index contributed by atoms with van der Waals surface area (Å²) in [7, 11) is 0. The number of amides is 1. The molecule has 0 aromatic heterocycles. The Morgan fingerprint density at radius 1 is 1.30 bits per heavy atom. The van der Waals surface area contributed by atoms with Crippen molar-refractivity contribution in [1.29, 1.82) is 0 Å². The number of halogens is 3. The van der Waals surface area contributed by atoms with E-state index in [0.29, 0.717) is 6.54 Å². The number of hydrogen-bond acceptors (Lipinski definition) is 3. The van der Waals surface area contributed by atoms with Gasteiger partial charge >= 0.3 is 5.97 Å². The molecule has 1 aromatic carbocycles. The molecule has 7 heteroatoms. The number of ether oxygens (including phenoxy) is 1. The minimum absolute atomic E-state index is 0.0380. The quantitative estimate of drug-likeness (QED) is 0.669. The van der Waals surface area contributed by atoms with Crippen molar-refractivity contribution in [1.82, 2.24) is 5.32 Å². The van der Waals surface area contributed by atoms with Crippen LogP contribution in [0, 0.1) is 11.7 Å². The van der Waals surface area contributed by atoms with E-state index in [4.69, 9.17) is 27.9 Å². The van der Waals surface area contributed by atoms with E-state index in [2.05, 4.69) is 5.32 Å². The second kappa shape index (κ2) is 7.45. The van der Waals surface area contributed by atoms with Gasteiger partial charge in [0.25, 0.3) is 5.91 Å². The molecule has 1 rings (SSSR count). The minimum Gasteiger partial charge on any atom is -0.452 e. The van der Waals surface area contributed by atoms with Gasteiger partial charge in [-0.15, -0.1) is 0 Å². The topological polar surface area (TPSA) is 55.4 Å². The molecule has 0 saturated heterocycles. The van der Waals surface area contributed by atoms with E-state index in [1.54, 1.807) is 0 Å². The summed E-state index contributed by atoms with van der Waals surface area (Å²) in [6.07, 6.45) is 0. The van der Waals surface area contributed by atoms with Gasteiger partial charge in [0.2, 0.25) is 0 Å². The first kappa shape index (κ1) is 16.7. The van der Waals surface area contributed by atoms with Crippen LogP contribution in [0.4, 0.5) is 4.39 Å². The van der Waals surface area contributed by atoms with E-state index in [1.165, 1.54) is 0 Å². The number of hydrogen-bond donors (Lipinski definition) is 1. The molecule has 0 unspecified atom stereocenters. The fourth-order valence-corrected chi connectivity index (χ4v) is 1.72. The first-order valence-electron chi connectivity index (χ1n) is 5.89. The zero-order valence-electron chi connectivity index (χ0n) is 11.0. The zero-order chi connectivity index (χ0) is 15.3. The molecule has 1 N–H and O–H groups in total. The zero-order valence-corrected chi connectivity index (χ0v) is 12.5. The van der Waals surface area contributed by atoms with Gasteiger partial charge < -0.3 is 10.1 Å².